The van der Waals surface area contributed by atoms with Crippen LogP contribution in [0.15, 0.2) is 61.1 Å². The number of hydrogen-bond acceptors (Lipinski definition) is 5. The van der Waals surface area contributed by atoms with Crippen molar-refractivity contribution in [3.63, 3.8) is 0 Å². The van der Waals surface area contributed by atoms with Gasteiger partial charge in [0.15, 0.2) is 5.82 Å². The molecule has 1 atom stereocenters. The number of nitriles is 1. The topological polar surface area (TPSA) is 88.7 Å². The highest BCUT2D eigenvalue weighted by Gasteiger charge is 2.24. The van der Waals surface area contributed by atoms with Crippen LogP contribution in [0.3, 0.4) is 0 Å². The summed E-state index contributed by atoms with van der Waals surface area (Å²) in [7, 11) is 0. The summed E-state index contributed by atoms with van der Waals surface area (Å²) in [6.45, 7) is 2.64. The van der Waals surface area contributed by atoms with E-state index in [4.69, 9.17) is 11.0 Å². The van der Waals surface area contributed by atoms with E-state index in [1.165, 1.54) is 11.3 Å². The fraction of sp³-hybridized carbons (Fsp3) is 0.208. The predicted octanol–water partition coefficient (Wildman–Crippen LogP) is 3.17. The second-order valence-corrected chi connectivity index (χ2v) is 8.26. The first-order valence-corrected chi connectivity index (χ1v) is 10.4. The molecule has 0 amide bonds. The molecule has 31 heavy (non-hydrogen) atoms. The summed E-state index contributed by atoms with van der Waals surface area (Å²) in [5.74, 6) is 0.828. The molecule has 7 nitrogen and oxygen atoms in total. The van der Waals surface area contributed by atoms with Gasteiger partial charge < -0.3 is 15.2 Å². The van der Waals surface area contributed by atoms with E-state index in [9.17, 15) is 0 Å². The molecule has 2 aliphatic heterocycles. The lowest BCUT2D eigenvalue weighted by atomic mass is 10.1. The van der Waals surface area contributed by atoms with Crippen molar-refractivity contribution in [3.8, 4) is 34.4 Å². The van der Waals surface area contributed by atoms with Crippen LogP contribution in [0, 0.1) is 11.3 Å². The molecule has 0 unspecified atom stereocenters. The molecule has 6 rings (SSSR count). The third-order valence-corrected chi connectivity index (χ3v) is 6.27. The Hall–Kier alpha value is -3.89. The smallest absolute Gasteiger partial charge is 0.185 e. The van der Waals surface area contributed by atoms with Crippen LogP contribution in [-0.4, -0.2) is 38.5 Å². The molecule has 0 spiro atoms. The van der Waals surface area contributed by atoms with Crippen LogP contribution in [-0.2, 0) is 6.54 Å². The zero-order chi connectivity index (χ0) is 20.9. The predicted molar refractivity (Wildman–Crippen MR) is 119 cm³/mol. The van der Waals surface area contributed by atoms with Gasteiger partial charge in [0.2, 0.25) is 0 Å². The number of rotatable bonds is 2. The average Bonchev–Trinajstić information content (AvgIpc) is 3.52. The molecule has 0 saturated carbocycles. The van der Waals surface area contributed by atoms with Crippen molar-refractivity contribution >= 4 is 5.69 Å². The van der Waals surface area contributed by atoms with E-state index in [0.29, 0.717) is 5.56 Å². The van der Waals surface area contributed by atoms with Crippen molar-refractivity contribution in [3.05, 3.63) is 72.2 Å². The molecule has 2 aliphatic rings. The second kappa shape index (κ2) is 6.83. The molecule has 4 heterocycles. The maximum Gasteiger partial charge on any atom is 0.185 e. The summed E-state index contributed by atoms with van der Waals surface area (Å²) in [5, 5.41) is 17.7. The normalized spacial score (nSPS) is 16.9. The van der Waals surface area contributed by atoms with E-state index < -0.39 is 0 Å². The van der Waals surface area contributed by atoms with E-state index >= 15 is 0 Å². The molecular formula is C24H21N7. The first kappa shape index (κ1) is 17.9. The van der Waals surface area contributed by atoms with Gasteiger partial charge in [-0.05, 0) is 53.9 Å². The van der Waals surface area contributed by atoms with E-state index in [-0.39, 0.29) is 6.04 Å². The van der Waals surface area contributed by atoms with Crippen LogP contribution in [0.1, 0.15) is 17.5 Å². The van der Waals surface area contributed by atoms with Crippen molar-refractivity contribution in [2.45, 2.75) is 19.0 Å². The van der Waals surface area contributed by atoms with Gasteiger partial charge in [0, 0.05) is 43.1 Å². The molecule has 0 radical (unpaired) electrons. The fourth-order valence-corrected chi connectivity index (χ4v) is 4.65. The van der Waals surface area contributed by atoms with E-state index in [1.807, 2.05) is 24.3 Å². The number of benzene rings is 2. The van der Waals surface area contributed by atoms with Crippen LogP contribution >= 0.6 is 0 Å². The summed E-state index contributed by atoms with van der Waals surface area (Å²) in [5.41, 5.74) is 13.5. The van der Waals surface area contributed by atoms with Crippen LogP contribution in [0.5, 0.6) is 0 Å². The van der Waals surface area contributed by atoms with Gasteiger partial charge in [0.25, 0.3) is 0 Å². The molecule has 1 fully saturated rings. The molecular weight excluding hydrogens is 386 g/mol. The summed E-state index contributed by atoms with van der Waals surface area (Å²) in [4.78, 5) is 2.36. The number of anilines is 1. The van der Waals surface area contributed by atoms with E-state index in [1.54, 1.807) is 6.33 Å². The number of hydrogen-bond donors (Lipinski definition) is 1. The maximum atomic E-state index is 9.07. The third kappa shape index (κ3) is 2.92. The average molecular weight is 407 g/mol. The fourth-order valence-electron chi connectivity index (χ4n) is 4.65. The standard InChI is InChI=1S/C24H21N7/c25-11-16-1-3-17(4-2-16)18-10-23-24-28-27-15-31(24)22-6-5-21(29-8-7-20(26)14-29)9-19(22)13-30(23)12-18/h1-6,9-10,12,15,20H,7-8,13-14,26H2/t20-/m0/s1. The van der Waals surface area contributed by atoms with Crippen LogP contribution in [0.4, 0.5) is 5.69 Å². The monoisotopic (exact) mass is 407 g/mol. The number of nitrogens with two attached hydrogens (primary N) is 1. The molecule has 0 bridgehead atoms. The van der Waals surface area contributed by atoms with Gasteiger partial charge in [-0.25, -0.2) is 0 Å². The van der Waals surface area contributed by atoms with E-state index in [0.717, 1.165) is 54.4 Å². The zero-order valence-corrected chi connectivity index (χ0v) is 16.9. The Morgan fingerprint density at radius 1 is 1.06 bits per heavy atom. The molecule has 152 valence electrons. The lowest BCUT2D eigenvalue weighted by molar-refractivity contribution is 0.752. The van der Waals surface area contributed by atoms with Crippen molar-refractivity contribution in [2.24, 2.45) is 5.73 Å². The summed E-state index contributed by atoms with van der Waals surface area (Å²) in [6, 6.07) is 18.8. The Morgan fingerprint density at radius 3 is 2.71 bits per heavy atom. The lowest BCUT2D eigenvalue weighted by Gasteiger charge is -2.20. The Labute approximate surface area is 180 Å². The molecule has 1 saturated heterocycles. The van der Waals surface area contributed by atoms with E-state index in [2.05, 4.69) is 60.8 Å². The third-order valence-electron chi connectivity index (χ3n) is 6.27. The van der Waals surface area contributed by atoms with Gasteiger partial charge in [-0.2, -0.15) is 5.26 Å². The minimum absolute atomic E-state index is 0.245. The minimum Gasteiger partial charge on any atom is -0.370 e. The minimum atomic E-state index is 0.245. The maximum absolute atomic E-state index is 9.07. The highest BCUT2D eigenvalue weighted by Crippen LogP contribution is 2.35. The Bertz CT molecular complexity index is 1320. The molecule has 0 aliphatic carbocycles. The van der Waals surface area contributed by atoms with Gasteiger partial charge in [-0.1, -0.05) is 12.1 Å². The molecule has 2 N–H and O–H groups in total. The highest BCUT2D eigenvalue weighted by molar-refractivity contribution is 5.72. The van der Waals surface area contributed by atoms with Gasteiger partial charge in [-0.15, -0.1) is 10.2 Å². The van der Waals surface area contributed by atoms with Gasteiger partial charge in [-0.3, -0.25) is 4.57 Å². The lowest BCUT2D eigenvalue weighted by Crippen LogP contribution is -2.26. The second-order valence-electron chi connectivity index (χ2n) is 8.26. The molecule has 4 aromatic rings. The summed E-state index contributed by atoms with van der Waals surface area (Å²) >= 11 is 0. The van der Waals surface area contributed by atoms with Crippen LogP contribution < -0.4 is 10.6 Å². The Balaban J connectivity index is 1.44. The number of aromatic nitrogens is 4. The zero-order valence-electron chi connectivity index (χ0n) is 16.9. The van der Waals surface area contributed by atoms with Gasteiger partial charge in [0.05, 0.1) is 23.0 Å². The van der Waals surface area contributed by atoms with Crippen LogP contribution in [0.2, 0.25) is 0 Å². The van der Waals surface area contributed by atoms with Gasteiger partial charge in [0.1, 0.15) is 6.33 Å². The number of fused-ring (bicyclic) bond motifs is 5. The van der Waals surface area contributed by atoms with Crippen molar-refractivity contribution in [2.75, 3.05) is 18.0 Å². The quantitative estimate of drug-likeness (QED) is 0.486. The Morgan fingerprint density at radius 2 is 1.94 bits per heavy atom. The van der Waals surface area contributed by atoms with Crippen LogP contribution in [0.25, 0.3) is 28.3 Å². The highest BCUT2D eigenvalue weighted by atomic mass is 15.3. The SMILES string of the molecule is N#Cc1ccc(-c2cc3n(c2)Cc2cc(N4CC[C@H](N)C4)ccc2-n2cnnc2-3)cc1. The van der Waals surface area contributed by atoms with Crippen molar-refractivity contribution in [1.82, 2.24) is 19.3 Å². The summed E-state index contributed by atoms with van der Waals surface area (Å²) < 4.78 is 4.30. The van der Waals surface area contributed by atoms with Crippen molar-refractivity contribution < 1.29 is 0 Å². The van der Waals surface area contributed by atoms with Gasteiger partial charge >= 0.3 is 0 Å². The molecule has 2 aromatic heterocycles. The summed E-state index contributed by atoms with van der Waals surface area (Å²) in [6.07, 6.45) is 4.97. The first-order valence-electron chi connectivity index (χ1n) is 10.4. The van der Waals surface area contributed by atoms with Crippen molar-refractivity contribution in [1.29, 1.82) is 5.26 Å². The number of nitrogens with zero attached hydrogens (tertiary/aromatic N) is 6. The molecule has 7 heteroatoms. The molecule has 2 aromatic carbocycles. The largest absolute Gasteiger partial charge is 0.370 e. The first-order chi connectivity index (χ1) is 15.2. The Kier molecular flexibility index (Phi) is 3.95.